The van der Waals surface area contributed by atoms with E-state index in [9.17, 15) is 19.2 Å². The van der Waals surface area contributed by atoms with Gasteiger partial charge >= 0.3 is 0 Å². The molecule has 0 fully saturated rings. The van der Waals surface area contributed by atoms with Crippen LogP contribution in [0.15, 0.2) is 42.5 Å². The molecule has 0 aliphatic carbocycles. The number of hydrogen-bond acceptors (Lipinski definition) is 4. The molecule has 2 heterocycles. The molecule has 0 N–H and O–H groups in total. The van der Waals surface area contributed by atoms with Gasteiger partial charge in [-0.3, -0.25) is 29.0 Å². The maximum Gasteiger partial charge on any atom is 0.261 e. The van der Waals surface area contributed by atoms with Crippen molar-refractivity contribution in [1.29, 1.82) is 0 Å². The first-order valence-electron chi connectivity index (χ1n) is 15.7. The molecule has 2 aromatic carbocycles. The van der Waals surface area contributed by atoms with Crippen LogP contribution in [0.25, 0.3) is 0 Å². The topological polar surface area (TPSA) is 74.8 Å². The van der Waals surface area contributed by atoms with Crippen LogP contribution in [0, 0.1) is 12.3 Å². The zero-order chi connectivity index (χ0) is 31.6. The number of carbonyl (C=O) groups is 4. The van der Waals surface area contributed by atoms with E-state index < -0.39 is 0 Å². The maximum absolute atomic E-state index is 13.0. The number of amides is 4. The Balaban J connectivity index is 0.00000353. The minimum absolute atomic E-state index is 0. The molecule has 45 heavy (non-hydrogen) atoms. The molecule has 10 heteroatoms. The summed E-state index contributed by atoms with van der Waals surface area (Å²) in [6.45, 7) is 11.0. The summed E-state index contributed by atoms with van der Waals surface area (Å²) in [6, 6.07) is 12.5. The van der Waals surface area contributed by atoms with E-state index in [-0.39, 0.29) is 63.0 Å². The molecule has 0 bridgehead atoms. The molecule has 4 amide bonds. The van der Waals surface area contributed by atoms with Gasteiger partial charge in [0.25, 0.3) is 23.6 Å². The second kappa shape index (κ2) is 15.5. The van der Waals surface area contributed by atoms with Crippen molar-refractivity contribution in [3.05, 3.63) is 70.3 Å². The van der Waals surface area contributed by atoms with Gasteiger partial charge in [-0.25, -0.2) is 0 Å². The highest BCUT2D eigenvalue weighted by atomic mass is 79.9. The van der Waals surface area contributed by atoms with Crippen LogP contribution in [-0.2, 0) is 0 Å². The Hall–Kier alpha value is -2.40. The molecule has 0 atom stereocenters. The van der Waals surface area contributed by atoms with Crippen LogP contribution in [0.1, 0.15) is 92.9 Å². The number of nitrogens with zero attached hydrogens (tertiary/aromatic N) is 4. The number of carbonyl (C=O) groups excluding carboxylic acids is 4. The van der Waals surface area contributed by atoms with E-state index in [2.05, 4.69) is 42.0 Å². The lowest BCUT2D eigenvalue weighted by atomic mass is 9.91. The molecule has 8 nitrogen and oxygen atoms in total. The molecule has 4 rings (SSSR count). The van der Waals surface area contributed by atoms with Gasteiger partial charge in [-0.05, 0) is 56.9 Å². The third-order valence-corrected chi connectivity index (χ3v) is 8.87. The predicted octanol–water partition coefficient (Wildman–Crippen LogP) is -0.975. The summed E-state index contributed by atoms with van der Waals surface area (Å²) in [7, 11) is 8.92. The van der Waals surface area contributed by atoms with Gasteiger partial charge in [0.1, 0.15) is 0 Å². The van der Waals surface area contributed by atoms with E-state index in [0.717, 1.165) is 72.8 Å². The van der Waals surface area contributed by atoms with E-state index in [1.54, 1.807) is 30.3 Å². The molecule has 2 aliphatic rings. The standard InChI is InChI=1S/C35H50N4O4.2BrH/c1-26-17-18-29-30(23-26)34(43)37(33(29)42)24-35(2,3)25-39(6,7)21-13-9-8-12-20-38(4,5)22-14-19-36-31(40)27-15-10-11-16-28(27)32(36)41;;/h10-11,15-18,23H,8-9,12-14,19-22,24-25H2,1-7H3;2*1H/q+2;;/p-2. The Morgan fingerprint density at radius 3 is 1.64 bits per heavy atom. The summed E-state index contributed by atoms with van der Waals surface area (Å²) < 4.78 is 1.71. The molecule has 248 valence electrons. The lowest BCUT2D eigenvalue weighted by Gasteiger charge is -2.39. The highest BCUT2D eigenvalue weighted by Crippen LogP contribution is 2.29. The van der Waals surface area contributed by atoms with Crippen molar-refractivity contribution < 1.29 is 62.1 Å². The molecule has 0 saturated carbocycles. The minimum atomic E-state index is -0.208. The molecule has 2 aliphatic heterocycles. The van der Waals surface area contributed by atoms with E-state index in [1.165, 1.54) is 9.80 Å². The summed E-state index contributed by atoms with van der Waals surface area (Å²) >= 11 is 0. The SMILES string of the molecule is Cc1ccc2c(c1)C(=O)N(CC(C)(C)C[N+](C)(C)CCCCCC[N+](C)(C)CCCN1C(=O)c3ccccc3C1=O)C2=O.[Br-].[Br-]. The smallest absolute Gasteiger partial charge is 0.261 e. The Morgan fingerprint density at radius 1 is 0.600 bits per heavy atom. The van der Waals surface area contributed by atoms with Crippen LogP contribution in [0.3, 0.4) is 0 Å². The van der Waals surface area contributed by atoms with Crippen molar-refractivity contribution in [2.75, 3.05) is 67.5 Å². The minimum Gasteiger partial charge on any atom is -1.00 e. The number of rotatable bonds is 15. The molecule has 0 saturated heterocycles. The van der Waals surface area contributed by atoms with Crippen LogP contribution < -0.4 is 34.0 Å². The van der Waals surface area contributed by atoms with Crippen molar-refractivity contribution in [3.63, 3.8) is 0 Å². The van der Waals surface area contributed by atoms with Crippen LogP contribution in [-0.4, -0.2) is 110 Å². The van der Waals surface area contributed by atoms with Gasteiger partial charge in [-0.1, -0.05) is 37.6 Å². The molecule has 0 spiro atoms. The largest absolute Gasteiger partial charge is 1.00 e. The van der Waals surface area contributed by atoms with Crippen LogP contribution in [0.4, 0.5) is 0 Å². The van der Waals surface area contributed by atoms with E-state index >= 15 is 0 Å². The molecule has 0 aromatic heterocycles. The maximum atomic E-state index is 13.0. The van der Waals surface area contributed by atoms with Gasteiger partial charge in [0.05, 0.1) is 76.6 Å². The quantitative estimate of drug-likeness (QED) is 0.134. The summed E-state index contributed by atoms with van der Waals surface area (Å²) in [6.07, 6.45) is 5.38. The van der Waals surface area contributed by atoms with Gasteiger partial charge in [0, 0.05) is 24.9 Å². The number of hydrogen-bond donors (Lipinski definition) is 0. The molecule has 2 aromatic rings. The molecular weight excluding hydrogens is 700 g/mol. The molecule has 0 radical (unpaired) electrons. The fourth-order valence-electron chi connectivity index (χ4n) is 6.91. The van der Waals surface area contributed by atoms with E-state index in [4.69, 9.17) is 0 Å². The van der Waals surface area contributed by atoms with Gasteiger partial charge in [0.15, 0.2) is 0 Å². The number of benzene rings is 2. The van der Waals surface area contributed by atoms with Gasteiger partial charge in [-0.15, -0.1) is 0 Å². The highest BCUT2D eigenvalue weighted by molar-refractivity contribution is 6.22. The molecular formula is C35H50Br2N4O4. The lowest BCUT2D eigenvalue weighted by Crippen LogP contribution is -3.00. The number of unbranched alkanes of at least 4 members (excludes halogenated alkanes) is 3. The zero-order valence-electron chi connectivity index (χ0n) is 28.0. The second-order valence-electron chi connectivity index (χ2n) is 14.7. The number of aryl methyl sites for hydroxylation is 1. The summed E-state index contributed by atoms with van der Waals surface area (Å²) in [5, 5.41) is 0. The third-order valence-electron chi connectivity index (χ3n) is 8.87. The summed E-state index contributed by atoms with van der Waals surface area (Å²) in [5.41, 5.74) is 2.86. The predicted molar refractivity (Wildman–Crippen MR) is 169 cm³/mol. The fraction of sp³-hybridized carbons (Fsp3) is 0.543. The van der Waals surface area contributed by atoms with Crippen LogP contribution >= 0.6 is 0 Å². The third kappa shape index (κ3) is 9.56. The first kappa shape index (κ1) is 38.8. The average Bonchev–Trinajstić information content (AvgIpc) is 3.29. The summed E-state index contributed by atoms with van der Waals surface area (Å²) in [4.78, 5) is 54.0. The first-order valence-corrected chi connectivity index (χ1v) is 15.7. The normalized spacial score (nSPS) is 14.8. The van der Waals surface area contributed by atoms with E-state index in [1.807, 2.05) is 19.1 Å². The Morgan fingerprint density at radius 2 is 1.07 bits per heavy atom. The van der Waals surface area contributed by atoms with Crippen molar-refractivity contribution in [2.24, 2.45) is 5.41 Å². The average molecular weight is 751 g/mol. The van der Waals surface area contributed by atoms with Gasteiger partial charge < -0.3 is 42.9 Å². The van der Waals surface area contributed by atoms with Crippen molar-refractivity contribution >= 4 is 23.6 Å². The number of halogens is 2. The number of fused-ring (bicyclic) bond motifs is 2. The van der Waals surface area contributed by atoms with Crippen LogP contribution in [0.5, 0.6) is 0 Å². The monoisotopic (exact) mass is 748 g/mol. The Labute approximate surface area is 290 Å². The lowest BCUT2D eigenvalue weighted by molar-refractivity contribution is -0.896. The van der Waals surface area contributed by atoms with E-state index in [0.29, 0.717) is 35.3 Å². The van der Waals surface area contributed by atoms with Gasteiger partial charge in [-0.2, -0.15) is 0 Å². The number of quaternary nitrogens is 2. The summed E-state index contributed by atoms with van der Waals surface area (Å²) in [5.74, 6) is -0.695. The van der Waals surface area contributed by atoms with Gasteiger partial charge in [0.2, 0.25) is 0 Å². The number of imide groups is 2. The van der Waals surface area contributed by atoms with Crippen molar-refractivity contribution in [3.8, 4) is 0 Å². The highest BCUT2D eigenvalue weighted by Gasteiger charge is 2.40. The Kier molecular flexibility index (Phi) is 13.3. The fourth-order valence-corrected chi connectivity index (χ4v) is 6.91. The molecule has 0 unspecified atom stereocenters. The van der Waals surface area contributed by atoms with Crippen LogP contribution in [0.2, 0.25) is 0 Å². The Bertz CT molecular complexity index is 1370. The first-order chi connectivity index (χ1) is 20.1. The van der Waals surface area contributed by atoms with Crippen molar-refractivity contribution in [2.45, 2.75) is 52.9 Å². The zero-order valence-corrected chi connectivity index (χ0v) is 31.2. The van der Waals surface area contributed by atoms with Crippen molar-refractivity contribution in [1.82, 2.24) is 9.80 Å². The second-order valence-corrected chi connectivity index (χ2v) is 14.7.